The molecule has 0 unspecified atom stereocenters. The Morgan fingerprint density at radius 3 is 2.80 bits per heavy atom. The largest absolute Gasteiger partial charge is 0.497 e. The van der Waals surface area contributed by atoms with Crippen molar-refractivity contribution in [3.05, 3.63) is 46.8 Å². The first-order valence-corrected chi connectivity index (χ1v) is 8.03. The van der Waals surface area contributed by atoms with Crippen molar-refractivity contribution >= 4 is 12.0 Å². The van der Waals surface area contributed by atoms with E-state index in [9.17, 15) is 9.59 Å². The second-order valence-corrected chi connectivity index (χ2v) is 5.84. The molecule has 1 aromatic carbocycles. The van der Waals surface area contributed by atoms with Crippen LogP contribution in [0, 0.1) is 0 Å². The van der Waals surface area contributed by atoms with Gasteiger partial charge in [0.05, 0.1) is 19.3 Å². The number of amides is 2. The summed E-state index contributed by atoms with van der Waals surface area (Å²) in [6, 6.07) is 7.56. The predicted octanol–water partition coefficient (Wildman–Crippen LogP) is 1.43. The third-order valence-electron chi connectivity index (χ3n) is 4.27. The van der Waals surface area contributed by atoms with Gasteiger partial charge in [0.15, 0.2) is 5.69 Å². The van der Waals surface area contributed by atoms with E-state index in [1.165, 1.54) is 0 Å². The van der Waals surface area contributed by atoms with Crippen LogP contribution >= 0.6 is 0 Å². The van der Waals surface area contributed by atoms with E-state index in [0.717, 1.165) is 17.7 Å². The summed E-state index contributed by atoms with van der Waals surface area (Å²) in [5.41, 5.74) is 2.54. The van der Waals surface area contributed by atoms with Crippen LogP contribution < -0.4 is 10.1 Å². The Bertz CT molecular complexity index is 769. The number of fused-ring (bicyclic) bond motifs is 1. The van der Waals surface area contributed by atoms with Crippen LogP contribution in [0.5, 0.6) is 5.75 Å². The van der Waals surface area contributed by atoms with Crippen LogP contribution in [-0.4, -0.2) is 52.4 Å². The Morgan fingerprint density at radius 2 is 2.12 bits per heavy atom. The van der Waals surface area contributed by atoms with Gasteiger partial charge in [0.1, 0.15) is 5.75 Å². The predicted molar refractivity (Wildman–Crippen MR) is 89.8 cm³/mol. The molecule has 1 aliphatic rings. The Balaban J connectivity index is 1.51. The summed E-state index contributed by atoms with van der Waals surface area (Å²) in [6.45, 7) is 1.34. The number of nitrogens with zero attached hydrogens (tertiary/aromatic N) is 2. The average Bonchev–Trinajstić information content (AvgIpc) is 3.05. The van der Waals surface area contributed by atoms with Gasteiger partial charge in [-0.05, 0) is 30.5 Å². The summed E-state index contributed by atoms with van der Waals surface area (Å²) in [5, 5.41) is 18.5. The molecule has 25 heavy (non-hydrogen) atoms. The lowest BCUT2D eigenvalue weighted by atomic mass is 10.0. The number of nitrogens with one attached hydrogen (secondary N) is 2. The number of carboxylic acids is 1. The molecule has 0 atom stereocenters. The molecular weight excluding hydrogens is 324 g/mol. The minimum absolute atomic E-state index is 0.0505. The number of urea groups is 1. The van der Waals surface area contributed by atoms with Gasteiger partial charge < -0.3 is 20.1 Å². The normalized spacial score (nSPS) is 13.2. The molecular formula is C17H20N4O4. The zero-order chi connectivity index (χ0) is 17.8. The highest BCUT2D eigenvalue weighted by atomic mass is 16.5. The van der Waals surface area contributed by atoms with E-state index in [0.29, 0.717) is 37.3 Å². The van der Waals surface area contributed by atoms with Crippen LogP contribution in [-0.2, 0) is 19.4 Å². The molecule has 8 heteroatoms. The lowest BCUT2D eigenvalue weighted by Gasteiger charge is -2.26. The smallest absolute Gasteiger partial charge is 0.356 e. The molecule has 0 bridgehead atoms. The fraction of sp³-hybridized carbons (Fsp3) is 0.353. The minimum Gasteiger partial charge on any atom is -0.497 e. The summed E-state index contributed by atoms with van der Waals surface area (Å²) >= 11 is 0. The number of carbonyl (C=O) groups is 2. The molecule has 132 valence electrons. The Morgan fingerprint density at radius 1 is 1.36 bits per heavy atom. The number of rotatable bonds is 5. The molecule has 0 fully saturated rings. The molecule has 3 rings (SSSR count). The molecule has 1 aromatic heterocycles. The fourth-order valence-electron chi connectivity index (χ4n) is 2.89. The van der Waals surface area contributed by atoms with E-state index >= 15 is 0 Å². The fourth-order valence-corrected chi connectivity index (χ4v) is 2.89. The number of methoxy groups -OCH3 is 1. The van der Waals surface area contributed by atoms with Crippen molar-refractivity contribution in [1.82, 2.24) is 20.4 Å². The zero-order valence-electron chi connectivity index (χ0n) is 13.9. The number of hydrogen-bond acceptors (Lipinski definition) is 4. The lowest BCUT2D eigenvalue weighted by Crippen LogP contribution is -2.43. The molecule has 1 aliphatic heterocycles. The van der Waals surface area contributed by atoms with Crippen molar-refractivity contribution in [3.8, 4) is 5.75 Å². The van der Waals surface area contributed by atoms with Crippen LogP contribution in [0.15, 0.2) is 24.3 Å². The number of H-pyrrole nitrogens is 1. The van der Waals surface area contributed by atoms with Crippen molar-refractivity contribution in [1.29, 1.82) is 0 Å². The zero-order valence-corrected chi connectivity index (χ0v) is 13.9. The highest BCUT2D eigenvalue weighted by Gasteiger charge is 2.26. The lowest BCUT2D eigenvalue weighted by molar-refractivity contribution is 0.0689. The first-order chi connectivity index (χ1) is 12.1. The highest BCUT2D eigenvalue weighted by molar-refractivity contribution is 5.87. The summed E-state index contributed by atoms with van der Waals surface area (Å²) in [4.78, 5) is 25.0. The molecule has 0 aliphatic carbocycles. The van der Waals surface area contributed by atoms with E-state index in [2.05, 4.69) is 15.5 Å². The van der Waals surface area contributed by atoms with Crippen molar-refractivity contribution in [3.63, 3.8) is 0 Å². The molecule has 2 heterocycles. The quantitative estimate of drug-likeness (QED) is 0.760. The van der Waals surface area contributed by atoms with E-state index in [4.69, 9.17) is 9.84 Å². The van der Waals surface area contributed by atoms with Crippen LogP contribution in [0.1, 0.15) is 27.3 Å². The topological polar surface area (TPSA) is 108 Å². The summed E-state index contributed by atoms with van der Waals surface area (Å²) < 4.78 is 5.12. The molecule has 8 nitrogen and oxygen atoms in total. The van der Waals surface area contributed by atoms with Gasteiger partial charge >= 0.3 is 12.0 Å². The number of aromatic nitrogens is 2. The number of ether oxygens (including phenoxy) is 1. The maximum atomic E-state index is 12.3. The molecule has 2 aromatic rings. The second kappa shape index (κ2) is 7.25. The molecule has 0 saturated carbocycles. The number of benzene rings is 1. The summed E-state index contributed by atoms with van der Waals surface area (Å²) in [5.74, 6) is -0.243. The van der Waals surface area contributed by atoms with Gasteiger partial charge in [-0.15, -0.1) is 0 Å². The summed E-state index contributed by atoms with van der Waals surface area (Å²) in [7, 11) is 1.62. The van der Waals surface area contributed by atoms with Crippen LogP contribution in [0.4, 0.5) is 4.79 Å². The standard InChI is InChI=1S/C17H20N4O4/c1-25-12-4-2-11(3-5-12)6-8-18-17(24)21-9-7-13-14(10-21)19-20-15(13)16(22)23/h2-5H,6-10H2,1H3,(H,18,24)(H,19,20)(H,22,23). The molecule has 0 spiro atoms. The van der Waals surface area contributed by atoms with E-state index in [-0.39, 0.29) is 11.7 Å². The maximum Gasteiger partial charge on any atom is 0.356 e. The number of hydrogen-bond donors (Lipinski definition) is 3. The Kier molecular flexibility index (Phi) is 4.87. The van der Waals surface area contributed by atoms with E-state index < -0.39 is 5.97 Å². The number of aromatic amines is 1. The van der Waals surface area contributed by atoms with Gasteiger partial charge in [-0.2, -0.15) is 5.10 Å². The van der Waals surface area contributed by atoms with Crippen LogP contribution in [0.3, 0.4) is 0 Å². The molecule has 0 saturated heterocycles. The average molecular weight is 344 g/mol. The SMILES string of the molecule is COc1ccc(CCNC(=O)N2CCc3c(C(=O)O)n[nH]c3C2)cc1. The van der Waals surface area contributed by atoms with Crippen molar-refractivity contribution in [2.45, 2.75) is 19.4 Å². The Labute approximate surface area is 144 Å². The van der Waals surface area contributed by atoms with E-state index in [1.807, 2.05) is 24.3 Å². The number of carbonyl (C=O) groups excluding carboxylic acids is 1. The molecule has 3 N–H and O–H groups in total. The third-order valence-corrected chi connectivity index (χ3v) is 4.27. The first kappa shape index (κ1) is 16.8. The van der Waals surface area contributed by atoms with Crippen molar-refractivity contribution < 1.29 is 19.4 Å². The van der Waals surface area contributed by atoms with Gasteiger partial charge in [0, 0.05) is 18.7 Å². The van der Waals surface area contributed by atoms with Crippen molar-refractivity contribution in [2.75, 3.05) is 20.2 Å². The van der Waals surface area contributed by atoms with Gasteiger partial charge in [-0.1, -0.05) is 12.1 Å². The van der Waals surface area contributed by atoms with Gasteiger partial charge in [0.25, 0.3) is 0 Å². The van der Waals surface area contributed by atoms with Gasteiger partial charge in [0.2, 0.25) is 0 Å². The van der Waals surface area contributed by atoms with Crippen LogP contribution in [0.2, 0.25) is 0 Å². The molecule has 2 amide bonds. The van der Waals surface area contributed by atoms with Crippen molar-refractivity contribution in [2.24, 2.45) is 0 Å². The van der Waals surface area contributed by atoms with Gasteiger partial charge in [-0.3, -0.25) is 5.10 Å². The second-order valence-electron chi connectivity index (χ2n) is 5.84. The maximum absolute atomic E-state index is 12.3. The van der Waals surface area contributed by atoms with E-state index in [1.54, 1.807) is 12.0 Å². The first-order valence-electron chi connectivity index (χ1n) is 8.03. The van der Waals surface area contributed by atoms with Crippen LogP contribution in [0.25, 0.3) is 0 Å². The minimum atomic E-state index is -1.05. The number of aromatic carboxylic acids is 1. The van der Waals surface area contributed by atoms with Gasteiger partial charge in [-0.25, -0.2) is 9.59 Å². The monoisotopic (exact) mass is 344 g/mol. The third kappa shape index (κ3) is 3.73. The summed E-state index contributed by atoms with van der Waals surface area (Å²) in [6.07, 6.45) is 1.21. The highest BCUT2D eigenvalue weighted by Crippen LogP contribution is 2.20. The Hall–Kier alpha value is -3.03. The number of carboxylic acid groups (broad SMARTS) is 1. The molecule has 0 radical (unpaired) electrons.